The Morgan fingerprint density at radius 3 is 2.46 bits per heavy atom. The van der Waals surface area contributed by atoms with E-state index in [1.807, 2.05) is 0 Å². The highest BCUT2D eigenvalue weighted by molar-refractivity contribution is 5.76. The predicted octanol–water partition coefficient (Wildman–Crippen LogP) is 1.70. The minimum atomic E-state index is -0.112. The van der Waals surface area contributed by atoms with Gasteiger partial charge in [0.2, 0.25) is 0 Å². The lowest BCUT2D eigenvalue weighted by Gasteiger charge is -2.08. The summed E-state index contributed by atoms with van der Waals surface area (Å²) in [5, 5.41) is 0. The molecule has 0 heterocycles. The Morgan fingerprint density at radius 2 is 1.92 bits per heavy atom. The summed E-state index contributed by atoms with van der Waals surface area (Å²) < 4.78 is 4.98. The van der Waals surface area contributed by atoms with E-state index < -0.39 is 0 Å². The number of rotatable bonds is 4. The molecule has 1 aliphatic rings. The van der Waals surface area contributed by atoms with Gasteiger partial charge in [-0.25, -0.2) is 0 Å². The normalized spacial score (nSPS) is 17.3. The molecule has 13 heavy (non-hydrogen) atoms. The van der Waals surface area contributed by atoms with Crippen LogP contribution in [0.4, 0.5) is 0 Å². The van der Waals surface area contributed by atoms with Crippen molar-refractivity contribution >= 4 is 11.8 Å². The molecule has 0 aromatic rings. The summed E-state index contributed by atoms with van der Waals surface area (Å²) in [6.45, 7) is 1.76. The lowest BCUT2D eigenvalue weighted by Crippen LogP contribution is -2.16. The van der Waals surface area contributed by atoms with E-state index in [4.69, 9.17) is 4.74 Å². The molecular formula is C10H16O3. The molecule has 1 fully saturated rings. The SMILES string of the molecule is CC(=O)CCOC(=O)C1CCCC1. The fourth-order valence-corrected chi connectivity index (χ4v) is 1.57. The van der Waals surface area contributed by atoms with Crippen LogP contribution in [-0.2, 0) is 14.3 Å². The lowest BCUT2D eigenvalue weighted by atomic mass is 10.1. The van der Waals surface area contributed by atoms with Crippen LogP contribution in [0.15, 0.2) is 0 Å². The molecule has 0 amide bonds. The topological polar surface area (TPSA) is 43.4 Å². The number of carbonyl (C=O) groups is 2. The monoisotopic (exact) mass is 184 g/mol. The van der Waals surface area contributed by atoms with Gasteiger partial charge >= 0.3 is 5.97 Å². The van der Waals surface area contributed by atoms with E-state index >= 15 is 0 Å². The Labute approximate surface area is 78.5 Å². The molecule has 0 atom stereocenters. The van der Waals surface area contributed by atoms with Crippen LogP contribution in [0.3, 0.4) is 0 Å². The fourth-order valence-electron chi connectivity index (χ4n) is 1.57. The zero-order chi connectivity index (χ0) is 9.68. The van der Waals surface area contributed by atoms with Crippen LogP contribution in [0.5, 0.6) is 0 Å². The van der Waals surface area contributed by atoms with Gasteiger partial charge in [-0.3, -0.25) is 9.59 Å². The number of esters is 1. The van der Waals surface area contributed by atoms with Crippen LogP contribution in [0.1, 0.15) is 39.0 Å². The first-order chi connectivity index (χ1) is 6.20. The Balaban J connectivity index is 2.13. The molecule has 3 heteroatoms. The molecular weight excluding hydrogens is 168 g/mol. The van der Waals surface area contributed by atoms with Crippen LogP contribution >= 0.6 is 0 Å². The molecule has 1 saturated carbocycles. The maximum atomic E-state index is 11.3. The van der Waals surface area contributed by atoms with Crippen molar-refractivity contribution in [2.45, 2.75) is 39.0 Å². The standard InChI is InChI=1S/C10H16O3/c1-8(11)6-7-13-10(12)9-4-2-3-5-9/h9H,2-7H2,1H3. The molecule has 74 valence electrons. The fraction of sp³-hybridized carbons (Fsp3) is 0.800. The minimum absolute atomic E-state index is 0.0687. The number of Topliss-reactive ketones (excluding diaryl/α,β-unsaturated/α-hetero) is 1. The van der Waals surface area contributed by atoms with Crippen LogP contribution in [0.25, 0.3) is 0 Å². The average Bonchev–Trinajstić information content (AvgIpc) is 2.55. The number of ether oxygens (including phenoxy) is 1. The Kier molecular flexibility index (Phi) is 3.93. The van der Waals surface area contributed by atoms with E-state index in [-0.39, 0.29) is 24.3 Å². The summed E-state index contributed by atoms with van der Waals surface area (Å²) in [6, 6.07) is 0. The highest BCUT2D eigenvalue weighted by atomic mass is 16.5. The third kappa shape index (κ3) is 3.57. The van der Waals surface area contributed by atoms with Crippen molar-refractivity contribution in [3.63, 3.8) is 0 Å². The van der Waals surface area contributed by atoms with E-state index in [1.165, 1.54) is 6.92 Å². The predicted molar refractivity (Wildman–Crippen MR) is 48.2 cm³/mol. The zero-order valence-electron chi connectivity index (χ0n) is 8.04. The van der Waals surface area contributed by atoms with Gasteiger partial charge in [0.15, 0.2) is 0 Å². The summed E-state index contributed by atoms with van der Waals surface area (Å²) in [5.41, 5.74) is 0. The second-order valence-corrected chi connectivity index (χ2v) is 3.60. The van der Waals surface area contributed by atoms with Crippen molar-refractivity contribution in [1.29, 1.82) is 0 Å². The second-order valence-electron chi connectivity index (χ2n) is 3.60. The summed E-state index contributed by atoms with van der Waals surface area (Å²) in [5.74, 6) is 0.0601. The van der Waals surface area contributed by atoms with Gasteiger partial charge in [-0.2, -0.15) is 0 Å². The smallest absolute Gasteiger partial charge is 0.308 e. The average molecular weight is 184 g/mol. The Bertz CT molecular complexity index is 192. The number of hydrogen-bond donors (Lipinski definition) is 0. The molecule has 0 bridgehead atoms. The highest BCUT2D eigenvalue weighted by Crippen LogP contribution is 2.25. The van der Waals surface area contributed by atoms with Gasteiger partial charge in [-0.05, 0) is 19.8 Å². The van der Waals surface area contributed by atoms with Crippen LogP contribution in [-0.4, -0.2) is 18.4 Å². The molecule has 0 saturated heterocycles. The van der Waals surface area contributed by atoms with Crippen molar-refractivity contribution in [3.05, 3.63) is 0 Å². The van der Waals surface area contributed by atoms with Gasteiger partial charge in [0.05, 0.1) is 12.5 Å². The van der Waals surface area contributed by atoms with Crippen molar-refractivity contribution < 1.29 is 14.3 Å². The lowest BCUT2D eigenvalue weighted by molar-refractivity contribution is -0.148. The van der Waals surface area contributed by atoms with E-state index in [2.05, 4.69) is 0 Å². The molecule has 0 N–H and O–H groups in total. The van der Waals surface area contributed by atoms with Crippen molar-refractivity contribution in [2.75, 3.05) is 6.61 Å². The van der Waals surface area contributed by atoms with Gasteiger partial charge in [0.25, 0.3) is 0 Å². The first kappa shape index (κ1) is 10.2. The second kappa shape index (κ2) is 5.00. The van der Waals surface area contributed by atoms with Gasteiger partial charge in [0.1, 0.15) is 5.78 Å². The first-order valence-corrected chi connectivity index (χ1v) is 4.86. The quantitative estimate of drug-likeness (QED) is 0.624. The Morgan fingerprint density at radius 1 is 1.31 bits per heavy atom. The number of hydrogen-bond acceptors (Lipinski definition) is 3. The van der Waals surface area contributed by atoms with Gasteiger partial charge in [-0.15, -0.1) is 0 Å². The zero-order valence-corrected chi connectivity index (χ0v) is 8.04. The molecule has 0 radical (unpaired) electrons. The third-order valence-corrected chi connectivity index (χ3v) is 2.39. The molecule has 0 aliphatic heterocycles. The van der Waals surface area contributed by atoms with E-state index in [0.717, 1.165) is 25.7 Å². The van der Waals surface area contributed by atoms with E-state index in [1.54, 1.807) is 0 Å². The molecule has 0 unspecified atom stereocenters. The number of ketones is 1. The number of carbonyl (C=O) groups excluding carboxylic acids is 2. The van der Waals surface area contributed by atoms with Crippen molar-refractivity contribution in [2.24, 2.45) is 5.92 Å². The Hall–Kier alpha value is -0.860. The molecule has 3 nitrogen and oxygen atoms in total. The summed E-state index contributed by atoms with van der Waals surface area (Å²) >= 11 is 0. The molecule has 0 spiro atoms. The van der Waals surface area contributed by atoms with Gasteiger partial charge in [0, 0.05) is 6.42 Å². The summed E-state index contributed by atoms with van der Waals surface area (Å²) in [4.78, 5) is 21.8. The third-order valence-electron chi connectivity index (χ3n) is 2.39. The van der Waals surface area contributed by atoms with E-state index in [9.17, 15) is 9.59 Å². The first-order valence-electron chi connectivity index (χ1n) is 4.86. The molecule has 1 rings (SSSR count). The molecule has 0 aromatic carbocycles. The van der Waals surface area contributed by atoms with Gasteiger partial charge < -0.3 is 4.74 Å². The van der Waals surface area contributed by atoms with Crippen LogP contribution < -0.4 is 0 Å². The van der Waals surface area contributed by atoms with Crippen molar-refractivity contribution in [3.8, 4) is 0 Å². The maximum absolute atomic E-state index is 11.3. The van der Waals surface area contributed by atoms with Crippen LogP contribution in [0.2, 0.25) is 0 Å². The summed E-state index contributed by atoms with van der Waals surface area (Å²) in [6.07, 6.45) is 4.52. The summed E-state index contributed by atoms with van der Waals surface area (Å²) in [7, 11) is 0. The van der Waals surface area contributed by atoms with Crippen LogP contribution in [0, 0.1) is 5.92 Å². The largest absolute Gasteiger partial charge is 0.465 e. The van der Waals surface area contributed by atoms with Crippen molar-refractivity contribution in [1.82, 2.24) is 0 Å². The molecule has 0 aromatic heterocycles. The van der Waals surface area contributed by atoms with Gasteiger partial charge in [-0.1, -0.05) is 12.8 Å². The molecule has 1 aliphatic carbocycles. The highest BCUT2D eigenvalue weighted by Gasteiger charge is 2.23. The van der Waals surface area contributed by atoms with E-state index in [0.29, 0.717) is 6.42 Å². The minimum Gasteiger partial charge on any atom is -0.465 e. The maximum Gasteiger partial charge on any atom is 0.308 e.